The van der Waals surface area contributed by atoms with Crippen LogP contribution in [0.25, 0.3) is 11.3 Å². The van der Waals surface area contributed by atoms with Gasteiger partial charge in [0.2, 0.25) is 0 Å². The lowest BCUT2D eigenvalue weighted by atomic mass is 9.87. The summed E-state index contributed by atoms with van der Waals surface area (Å²) in [6, 6.07) is 17.3. The van der Waals surface area contributed by atoms with Gasteiger partial charge in [-0.3, -0.25) is 9.78 Å². The second-order valence-corrected chi connectivity index (χ2v) is 7.99. The van der Waals surface area contributed by atoms with Gasteiger partial charge in [-0.25, -0.2) is 9.37 Å². The van der Waals surface area contributed by atoms with Gasteiger partial charge in [0.15, 0.2) is 0 Å². The molecule has 0 spiro atoms. The summed E-state index contributed by atoms with van der Waals surface area (Å²) in [4.78, 5) is 23.8. The minimum Gasteiger partial charge on any atom is -0.458 e. The fourth-order valence-electron chi connectivity index (χ4n) is 3.72. The van der Waals surface area contributed by atoms with Crippen LogP contribution in [0.5, 0.6) is 0 Å². The molecule has 0 saturated carbocycles. The maximum absolute atomic E-state index is 15.1. The molecule has 2 heterocycles. The standard InChI is InChI=1S/C24H18Cl2FN3O2/c1-14-5-2-10-19(30-14)20(24(32-13-31)17-8-4-9-18(26)21(17)27)23-22(28-12-29-23)15-6-3-7-16(25)11-15/h2-13,20,24H,1H3,(H,28,29). The summed E-state index contributed by atoms with van der Waals surface area (Å²) in [6.45, 7) is 2.14. The Hall–Kier alpha value is -3.22. The first-order chi connectivity index (χ1) is 15.5. The molecule has 0 fully saturated rings. The Morgan fingerprint density at radius 2 is 1.88 bits per heavy atom. The first-order valence-electron chi connectivity index (χ1n) is 9.75. The van der Waals surface area contributed by atoms with E-state index < -0.39 is 17.8 Å². The van der Waals surface area contributed by atoms with Gasteiger partial charge in [0.25, 0.3) is 6.47 Å². The maximum atomic E-state index is 15.1. The summed E-state index contributed by atoms with van der Waals surface area (Å²) in [5.41, 5.74) is 3.40. The highest BCUT2D eigenvalue weighted by atomic mass is 35.5. The number of ether oxygens (including phenoxy) is 1. The highest BCUT2D eigenvalue weighted by Crippen LogP contribution is 2.42. The molecule has 0 aliphatic carbocycles. The van der Waals surface area contributed by atoms with Crippen molar-refractivity contribution < 1.29 is 13.9 Å². The molecule has 0 aliphatic heterocycles. The molecule has 1 N–H and O–H groups in total. The van der Waals surface area contributed by atoms with Gasteiger partial charge < -0.3 is 9.72 Å². The Morgan fingerprint density at radius 3 is 2.62 bits per heavy atom. The second kappa shape index (κ2) is 9.51. The van der Waals surface area contributed by atoms with Crippen molar-refractivity contribution in [3.05, 3.63) is 105 Å². The van der Waals surface area contributed by atoms with Crippen molar-refractivity contribution in [2.24, 2.45) is 0 Å². The van der Waals surface area contributed by atoms with Crippen molar-refractivity contribution >= 4 is 29.7 Å². The molecule has 32 heavy (non-hydrogen) atoms. The number of imidazole rings is 1. The van der Waals surface area contributed by atoms with Gasteiger partial charge in [-0.2, -0.15) is 0 Å². The molecule has 8 heteroatoms. The molecule has 0 radical (unpaired) electrons. The van der Waals surface area contributed by atoms with E-state index in [-0.39, 0.29) is 10.6 Å². The summed E-state index contributed by atoms with van der Waals surface area (Å²) < 4.78 is 20.5. The van der Waals surface area contributed by atoms with Gasteiger partial charge in [0, 0.05) is 21.8 Å². The van der Waals surface area contributed by atoms with Gasteiger partial charge in [0.05, 0.1) is 34.3 Å². The number of aryl methyl sites for hydroxylation is 1. The number of nitrogens with zero attached hydrogens (tertiary/aromatic N) is 2. The number of hydrogen-bond donors (Lipinski definition) is 1. The Labute approximate surface area is 194 Å². The number of halogens is 3. The molecule has 2 aromatic heterocycles. The minimum absolute atomic E-state index is 0.0740. The van der Waals surface area contributed by atoms with Crippen LogP contribution < -0.4 is 0 Å². The van der Waals surface area contributed by atoms with Gasteiger partial charge in [-0.1, -0.05) is 53.5 Å². The number of carbonyl (C=O) groups excluding carboxylic acids is 1. The van der Waals surface area contributed by atoms with E-state index >= 15 is 4.39 Å². The fraction of sp³-hybridized carbons (Fsp3) is 0.125. The minimum atomic E-state index is -1.07. The lowest BCUT2D eigenvalue weighted by Gasteiger charge is -2.26. The number of pyridine rings is 1. The van der Waals surface area contributed by atoms with E-state index in [9.17, 15) is 4.79 Å². The second-order valence-electron chi connectivity index (χ2n) is 7.15. The van der Waals surface area contributed by atoms with E-state index in [1.807, 2.05) is 31.2 Å². The smallest absolute Gasteiger partial charge is 0.293 e. The molecule has 0 aliphatic rings. The highest BCUT2D eigenvalue weighted by molar-refractivity contribution is 6.31. The number of benzene rings is 2. The maximum Gasteiger partial charge on any atom is 0.293 e. The Morgan fingerprint density at radius 1 is 1.09 bits per heavy atom. The Kier molecular flexibility index (Phi) is 6.53. The molecule has 4 aromatic rings. The number of aromatic nitrogens is 3. The normalized spacial score (nSPS) is 12.9. The monoisotopic (exact) mass is 469 g/mol. The molecule has 2 unspecified atom stereocenters. The van der Waals surface area contributed by atoms with E-state index in [0.29, 0.717) is 28.6 Å². The first-order valence-corrected chi connectivity index (χ1v) is 10.5. The Balaban J connectivity index is 1.95. The highest BCUT2D eigenvalue weighted by Gasteiger charge is 2.35. The lowest BCUT2D eigenvalue weighted by molar-refractivity contribution is -0.134. The zero-order valence-electron chi connectivity index (χ0n) is 16.9. The average molecular weight is 470 g/mol. The van der Waals surface area contributed by atoms with Gasteiger partial charge in [-0.15, -0.1) is 0 Å². The van der Waals surface area contributed by atoms with Crippen molar-refractivity contribution in [3.63, 3.8) is 0 Å². The average Bonchev–Trinajstić information content (AvgIpc) is 3.25. The van der Waals surface area contributed by atoms with Gasteiger partial charge >= 0.3 is 0 Å². The molecule has 2 aromatic carbocycles. The first kappa shape index (κ1) is 22.0. The third kappa shape index (κ3) is 4.38. The zero-order chi connectivity index (χ0) is 22.7. The fourth-order valence-corrected chi connectivity index (χ4v) is 4.10. The summed E-state index contributed by atoms with van der Waals surface area (Å²) in [5, 5.41) is 0.477. The molecule has 0 bridgehead atoms. The van der Waals surface area contributed by atoms with Crippen LogP contribution in [-0.2, 0) is 9.53 Å². The summed E-state index contributed by atoms with van der Waals surface area (Å²) in [5.74, 6) is -1.40. The van der Waals surface area contributed by atoms with Crippen LogP contribution in [-0.4, -0.2) is 21.4 Å². The number of aromatic amines is 1. The van der Waals surface area contributed by atoms with Crippen molar-refractivity contribution in [1.29, 1.82) is 0 Å². The van der Waals surface area contributed by atoms with Crippen LogP contribution in [0, 0.1) is 12.7 Å². The molecule has 5 nitrogen and oxygen atoms in total. The van der Waals surface area contributed by atoms with Crippen LogP contribution >= 0.6 is 23.2 Å². The molecular weight excluding hydrogens is 452 g/mol. The van der Waals surface area contributed by atoms with E-state index in [1.165, 1.54) is 18.5 Å². The SMILES string of the molecule is Cc1cccc(C(c2nc[nH]c2-c2cccc(Cl)c2)C(OC=O)c2cccc(Cl)c2F)n1. The topological polar surface area (TPSA) is 67.9 Å². The number of rotatable bonds is 7. The number of hydrogen-bond acceptors (Lipinski definition) is 4. The molecule has 162 valence electrons. The summed E-state index contributed by atoms with van der Waals surface area (Å²) in [6.07, 6.45) is 0.461. The van der Waals surface area contributed by atoms with Crippen molar-refractivity contribution in [2.75, 3.05) is 0 Å². The van der Waals surface area contributed by atoms with E-state index in [2.05, 4.69) is 15.0 Å². The van der Waals surface area contributed by atoms with E-state index in [0.717, 1.165) is 11.3 Å². The molecule has 2 atom stereocenters. The molecule has 0 saturated heterocycles. The van der Waals surface area contributed by atoms with Crippen LogP contribution in [0.2, 0.25) is 10.0 Å². The van der Waals surface area contributed by atoms with Gasteiger partial charge in [0.1, 0.15) is 11.9 Å². The van der Waals surface area contributed by atoms with Crippen LogP contribution in [0.3, 0.4) is 0 Å². The van der Waals surface area contributed by atoms with Crippen LogP contribution in [0.1, 0.15) is 34.7 Å². The van der Waals surface area contributed by atoms with E-state index in [4.69, 9.17) is 27.9 Å². The van der Waals surface area contributed by atoms with Gasteiger partial charge in [-0.05, 0) is 37.3 Å². The predicted molar refractivity (Wildman–Crippen MR) is 121 cm³/mol. The molecule has 0 amide bonds. The number of carbonyl (C=O) groups is 1. The quantitative estimate of drug-likeness (QED) is 0.323. The van der Waals surface area contributed by atoms with E-state index in [1.54, 1.807) is 24.3 Å². The number of nitrogens with one attached hydrogen (secondary N) is 1. The zero-order valence-corrected chi connectivity index (χ0v) is 18.4. The Bertz CT molecular complexity index is 1260. The summed E-state index contributed by atoms with van der Waals surface area (Å²) in [7, 11) is 0. The predicted octanol–water partition coefficient (Wildman–Crippen LogP) is 6.27. The lowest BCUT2D eigenvalue weighted by Crippen LogP contribution is -2.19. The van der Waals surface area contributed by atoms with Crippen molar-refractivity contribution in [3.8, 4) is 11.3 Å². The van der Waals surface area contributed by atoms with Crippen molar-refractivity contribution in [2.45, 2.75) is 18.9 Å². The van der Waals surface area contributed by atoms with Crippen LogP contribution in [0.15, 0.2) is 67.0 Å². The largest absolute Gasteiger partial charge is 0.458 e. The molecule has 4 rings (SSSR count). The third-order valence-corrected chi connectivity index (χ3v) is 5.62. The molecular formula is C24H18Cl2FN3O2. The third-order valence-electron chi connectivity index (χ3n) is 5.10. The number of H-pyrrole nitrogens is 1. The van der Waals surface area contributed by atoms with Crippen LogP contribution in [0.4, 0.5) is 4.39 Å². The summed E-state index contributed by atoms with van der Waals surface area (Å²) >= 11 is 12.2. The van der Waals surface area contributed by atoms with Crippen molar-refractivity contribution in [1.82, 2.24) is 15.0 Å².